The normalized spacial score (nSPS) is 13.1. The van der Waals surface area contributed by atoms with E-state index in [0.29, 0.717) is 50.1 Å². The Morgan fingerprint density at radius 1 is 0.844 bits per heavy atom. The van der Waals surface area contributed by atoms with Crippen molar-refractivity contribution >= 4 is 21.7 Å². The van der Waals surface area contributed by atoms with Gasteiger partial charge >= 0.3 is 0 Å². The molecular formula is C22H25BrO9. The maximum Gasteiger partial charge on any atom is 0.231 e. The first-order valence-electron chi connectivity index (χ1n) is 9.51. The molecule has 9 nitrogen and oxygen atoms in total. The fourth-order valence-electron chi connectivity index (χ4n) is 3.62. The molecule has 2 aromatic rings. The van der Waals surface area contributed by atoms with Gasteiger partial charge in [0, 0.05) is 29.8 Å². The van der Waals surface area contributed by atoms with E-state index in [4.69, 9.17) is 37.9 Å². The van der Waals surface area contributed by atoms with Crippen molar-refractivity contribution in [2.24, 2.45) is 0 Å². The van der Waals surface area contributed by atoms with Crippen molar-refractivity contribution in [3.8, 4) is 34.5 Å². The molecule has 0 saturated heterocycles. The van der Waals surface area contributed by atoms with E-state index in [1.807, 2.05) is 0 Å². The Morgan fingerprint density at radius 3 is 2.00 bits per heavy atom. The number of ether oxygens (including phenoxy) is 8. The molecule has 32 heavy (non-hydrogen) atoms. The summed E-state index contributed by atoms with van der Waals surface area (Å²) in [6.45, 7) is 0.00330. The van der Waals surface area contributed by atoms with Gasteiger partial charge in [-0.05, 0) is 34.1 Å². The first-order chi connectivity index (χ1) is 15.4. The highest BCUT2D eigenvalue weighted by Gasteiger charge is 2.39. The van der Waals surface area contributed by atoms with Gasteiger partial charge in [-0.1, -0.05) is 0 Å². The lowest BCUT2D eigenvalue weighted by molar-refractivity contribution is -0.110. The third kappa shape index (κ3) is 4.17. The Kier molecular flexibility index (Phi) is 7.70. The Balaban J connectivity index is 2.23. The monoisotopic (exact) mass is 512 g/mol. The van der Waals surface area contributed by atoms with Crippen molar-refractivity contribution in [2.75, 3.05) is 49.5 Å². The van der Waals surface area contributed by atoms with E-state index >= 15 is 0 Å². The van der Waals surface area contributed by atoms with Gasteiger partial charge < -0.3 is 37.9 Å². The SMILES string of the molecule is COc1cc(Br)c(C(=O)C(c2cc(OC)c3c(c2OC)OCO3)C(OC)OC)cc1OC. The molecule has 0 saturated carbocycles. The van der Waals surface area contributed by atoms with Crippen molar-refractivity contribution in [2.45, 2.75) is 12.2 Å². The van der Waals surface area contributed by atoms with Crippen molar-refractivity contribution < 1.29 is 42.7 Å². The average Bonchev–Trinajstić information content (AvgIpc) is 3.30. The molecule has 1 aliphatic rings. The van der Waals surface area contributed by atoms with E-state index in [2.05, 4.69) is 15.9 Å². The van der Waals surface area contributed by atoms with Gasteiger partial charge in [-0.15, -0.1) is 0 Å². The summed E-state index contributed by atoms with van der Waals surface area (Å²) >= 11 is 3.46. The van der Waals surface area contributed by atoms with Gasteiger partial charge in [0.25, 0.3) is 0 Å². The molecule has 10 heteroatoms. The summed E-state index contributed by atoms with van der Waals surface area (Å²) in [7, 11) is 8.90. The Bertz CT molecular complexity index is 988. The number of hydrogen-bond acceptors (Lipinski definition) is 9. The summed E-state index contributed by atoms with van der Waals surface area (Å²) in [6.07, 6.45) is -0.943. The molecule has 0 N–H and O–H groups in total. The molecule has 0 spiro atoms. The molecule has 0 amide bonds. The first kappa shape index (κ1) is 24.0. The maximum atomic E-state index is 13.9. The zero-order valence-electron chi connectivity index (χ0n) is 18.6. The van der Waals surface area contributed by atoms with Crippen LogP contribution in [0.5, 0.6) is 34.5 Å². The van der Waals surface area contributed by atoms with Crippen molar-refractivity contribution in [3.63, 3.8) is 0 Å². The van der Waals surface area contributed by atoms with Gasteiger partial charge in [0.2, 0.25) is 18.3 Å². The number of benzene rings is 2. The molecule has 0 aromatic heterocycles. The fraction of sp³-hybridized carbons (Fsp3) is 0.409. The smallest absolute Gasteiger partial charge is 0.231 e. The van der Waals surface area contributed by atoms with Crippen LogP contribution in [-0.2, 0) is 9.47 Å². The van der Waals surface area contributed by atoms with Gasteiger partial charge in [-0.25, -0.2) is 0 Å². The number of ketones is 1. The second-order valence-electron chi connectivity index (χ2n) is 6.63. The highest BCUT2D eigenvalue weighted by Crippen LogP contribution is 2.52. The summed E-state index contributed by atoms with van der Waals surface area (Å²) in [5, 5.41) is 0. The third-order valence-corrected chi connectivity index (χ3v) is 5.76. The van der Waals surface area contributed by atoms with Crippen LogP contribution in [0.15, 0.2) is 22.7 Å². The van der Waals surface area contributed by atoms with E-state index in [1.54, 1.807) is 18.2 Å². The molecule has 2 aromatic carbocycles. The Labute approximate surface area is 194 Å². The van der Waals surface area contributed by atoms with E-state index in [1.165, 1.54) is 42.7 Å². The summed E-state index contributed by atoms with van der Waals surface area (Å²) < 4.78 is 44.5. The van der Waals surface area contributed by atoms with Gasteiger partial charge in [-0.2, -0.15) is 0 Å². The topological polar surface area (TPSA) is 90.9 Å². The number of Topliss-reactive ketones (excluding diaryl/α,β-unsaturated/α-hetero) is 1. The van der Waals surface area contributed by atoms with Crippen molar-refractivity contribution in [1.29, 1.82) is 0 Å². The van der Waals surface area contributed by atoms with E-state index in [9.17, 15) is 4.79 Å². The summed E-state index contributed by atoms with van der Waals surface area (Å²) in [5.41, 5.74) is 0.791. The molecule has 0 fully saturated rings. The zero-order valence-corrected chi connectivity index (χ0v) is 20.2. The van der Waals surface area contributed by atoms with Gasteiger partial charge in [-0.3, -0.25) is 4.79 Å². The number of fused-ring (bicyclic) bond motifs is 1. The highest BCUT2D eigenvalue weighted by molar-refractivity contribution is 9.10. The van der Waals surface area contributed by atoms with Gasteiger partial charge in [0.05, 0.1) is 28.4 Å². The molecule has 1 heterocycles. The predicted octanol–water partition coefficient (Wildman–Crippen LogP) is 3.80. The van der Waals surface area contributed by atoms with Crippen LogP contribution < -0.4 is 28.4 Å². The van der Waals surface area contributed by atoms with Crippen LogP contribution in [0.1, 0.15) is 21.8 Å². The van der Waals surface area contributed by atoms with Crippen molar-refractivity contribution in [3.05, 3.63) is 33.8 Å². The van der Waals surface area contributed by atoms with Gasteiger partial charge in [0.1, 0.15) is 5.92 Å². The van der Waals surface area contributed by atoms with Crippen LogP contribution in [0.2, 0.25) is 0 Å². The minimum atomic E-state index is -0.947. The summed E-state index contributed by atoms with van der Waals surface area (Å²) in [4.78, 5) is 13.9. The van der Waals surface area contributed by atoms with Crippen LogP contribution in [0, 0.1) is 0 Å². The Morgan fingerprint density at radius 2 is 1.44 bits per heavy atom. The van der Waals surface area contributed by atoms with Crippen LogP contribution in [-0.4, -0.2) is 61.5 Å². The van der Waals surface area contributed by atoms with E-state index < -0.39 is 12.2 Å². The molecular weight excluding hydrogens is 488 g/mol. The molecule has 1 unspecified atom stereocenters. The molecule has 1 atom stereocenters. The predicted molar refractivity (Wildman–Crippen MR) is 118 cm³/mol. The number of rotatable bonds is 10. The van der Waals surface area contributed by atoms with E-state index in [-0.39, 0.29) is 12.6 Å². The summed E-state index contributed by atoms with van der Waals surface area (Å²) in [5.74, 6) is 1.08. The average molecular weight is 513 g/mol. The summed E-state index contributed by atoms with van der Waals surface area (Å²) in [6, 6.07) is 4.92. The lowest BCUT2D eigenvalue weighted by Gasteiger charge is -2.27. The molecule has 0 bridgehead atoms. The highest BCUT2D eigenvalue weighted by atomic mass is 79.9. The number of carbonyl (C=O) groups excluding carboxylic acids is 1. The minimum Gasteiger partial charge on any atom is -0.493 e. The molecule has 0 radical (unpaired) electrons. The number of carbonyl (C=O) groups is 1. The van der Waals surface area contributed by atoms with Crippen molar-refractivity contribution in [1.82, 2.24) is 0 Å². The number of halogens is 1. The number of hydrogen-bond donors (Lipinski definition) is 0. The molecule has 3 rings (SSSR count). The largest absolute Gasteiger partial charge is 0.493 e. The fourth-order valence-corrected chi connectivity index (χ4v) is 4.13. The standard InChI is InChI=1S/C22H25BrO9/c1-25-14-7-11(13(23)9-15(14)26-2)18(24)17(22(29-5)30-6)12-8-16(27-3)20-21(19(12)28-4)32-10-31-20/h7-9,17,22H,10H2,1-6H3. The molecule has 1 aliphatic heterocycles. The second kappa shape index (κ2) is 10.3. The Hall–Kier alpha value is -2.69. The molecule has 174 valence electrons. The lowest BCUT2D eigenvalue weighted by atomic mass is 9.88. The third-order valence-electron chi connectivity index (χ3n) is 5.11. The number of methoxy groups -OCH3 is 6. The quantitative estimate of drug-likeness (QED) is 0.348. The van der Waals surface area contributed by atoms with Crippen LogP contribution in [0.4, 0.5) is 0 Å². The minimum absolute atomic E-state index is 0.00330. The van der Waals surface area contributed by atoms with Gasteiger partial charge in [0.15, 0.2) is 35.1 Å². The zero-order chi connectivity index (χ0) is 23.4. The maximum absolute atomic E-state index is 13.9. The second-order valence-corrected chi connectivity index (χ2v) is 7.49. The lowest BCUT2D eigenvalue weighted by Crippen LogP contribution is -2.30. The first-order valence-corrected chi connectivity index (χ1v) is 10.3. The van der Waals surface area contributed by atoms with Crippen LogP contribution in [0.3, 0.4) is 0 Å². The molecule has 0 aliphatic carbocycles. The van der Waals surface area contributed by atoms with Crippen LogP contribution >= 0.6 is 15.9 Å². The van der Waals surface area contributed by atoms with Crippen LogP contribution in [0.25, 0.3) is 0 Å². The van der Waals surface area contributed by atoms with E-state index in [0.717, 1.165) is 0 Å².